The average molecular weight is 505 g/mol. The van der Waals surface area contributed by atoms with Gasteiger partial charge in [-0.15, -0.1) is 37.2 Å². The smallest absolute Gasteiger partial charge is 0.267 e. The molecule has 1 saturated heterocycles. The second-order valence-corrected chi connectivity index (χ2v) is 7.26. The molecular weight excluding hydrogens is 473 g/mol. The van der Waals surface area contributed by atoms with Crippen LogP contribution in [0.4, 0.5) is 5.82 Å². The third kappa shape index (κ3) is 6.98. The fraction of sp³-hybridized carbons (Fsp3) is 0.364. The van der Waals surface area contributed by atoms with Gasteiger partial charge in [0.2, 0.25) is 0 Å². The average Bonchev–Trinajstić information content (AvgIpc) is 3.03. The highest BCUT2D eigenvalue weighted by Gasteiger charge is 2.18. The van der Waals surface area contributed by atoms with Crippen LogP contribution >= 0.6 is 37.2 Å². The highest BCUT2D eigenvalue weighted by Crippen LogP contribution is 2.13. The summed E-state index contributed by atoms with van der Waals surface area (Å²) in [5.41, 5.74) is 2.08. The number of benzene rings is 1. The van der Waals surface area contributed by atoms with Crippen molar-refractivity contribution >= 4 is 43.0 Å². The summed E-state index contributed by atoms with van der Waals surface area (Å²) < 4.78 is 3.89. The van der Waals surface area contributed by atoms with Gasteiger partial charge in [-0.05, 0) is 37.6 Å². The maximum atomic E-state index is 12.4. The largest absolute Gasteiger partial charge is 0.412 e. The standard InChI is InChI=1S/C22H27N5O.3ClH.H2O/c1-19-18-22(28)26(27(19)20-8-3-2-4-9-20)13-7-12-24-14-16-25(17-15-24)21-10-5-6-11-23-21;;;;/h2-6,8-11,18H,7,12-17H2,1H3;3*1H;1H2. The number of rotatable bonds is 6. The predicted octanol–water partition coefficient (Wildman–Crippen LogP) is 3.00. The Morgan fingerprint density at radius 2 is 1.53 bits per heavy atom. The van der Waals surface area contributed by atoms with E-state index in [-0.39, 0.29) is 48.3 Å². The summed E-state index contributed by atoms with van der Waals surface area (Å²) in [6.07, 6.45) is 2.81. The first-order valence-electron chi connectivity index (χ1n) is 9.95. The maximum absolute atomic E-state index is 12.4. The van der Waals surface area contributed by atoms with E-state index in [0.717, 1.165) is 62.9 Å². The van der Waals surface area contributed by atoms with Crippen molar-refractivity contribution in [2.75, 3.05) is 37.6 Å². The van der Waals surface area contributed by atoms with Crippen LogP contribution in [0.5, 0.6) is 0 Å². The molecule has 2 N–H and O–H groups in total. The number of pyridine rings is 1. The van der Waals surface area contributed by atoms with Gasteiger partial charge in [0.15, 0.2) is 0 Å². The Hall–Kier alpha value is -2.03. The summed E-state index contributed by atoms with van der Waals surface area (Å²) in [5.74, 6) is 1.06. The van der Waals surface area contributed by atoms with Crippen molar-refractivity contribution in [3.8, 4) is 5.69 Å². The van der Waals surface area contributed by atoms with Crippen LogP contribution < -0.4 is 10.5 Å². The molecule has 1 fully saturated rings. The molecule has 3 aromatic rings. The SMILES string of the molecule is Cc1cc(=O)n(CCCN2CCN(c3ccccn3)CC2)n1-c1ccccc1.Cl.Cl.Cl.O. The van der Waals surface area contributed by atoms with Gasteiger partial charge >= 0.3 is 0 Å². The third-order valence-electron chi connectivity index (χ3n) is 5.35. The first kappa shape index (κ1) is 30.0. The van der Waals surface area contributed by atoms with E-state index in [2.05, 4.69) is 20.9 Å². The zero-order valence-corrected chi connectivity index (χ0v) is 20.5. The molecule has 1 aliphatic rings. The monoisotopic (exact) mass is 503 g/mol. The zero-order chi connectivity index (χ0) is 19.3. The molecule has 7 nitrogen and oxygen atoms in total. The minimum atomic E-state index is 0. The molecule has 32 heavy (non-hydrogen) atoms. The summed E-state index contributed by atoms with van der Waals surface area (Å²) in [6.45, 7) is 7.77. The minimum Gasteiger partial charge on any atom is -0.412 e. The van der Waals surface area contributed by atoms with E-state index in [4.69, 9.17) is 0 Å². The molecule has 2 aromatic heterocycles. The molecule has 3 heterocycles. The van der Waals surface area contributed by atoms with Crippen LogP contribution in [-0.4, -0.2) is 57.4 Å². The number of aromatic nitrogens is 3. The highest BCUT2D eigenvalue weighted by atomic mass is 35.5. The van der Waals surface area contributed by atoms with Crippen molar-refractivity contribution in [2.24, 2.45) is 0 Å². The Morgan fingerprint density at radius 1 is 0.875 bits per heavy atom. The van der Waals surface area contributed by atoms with Gasteiger partial charge in [-0.2, -0.15) is 0 Å². The molecule has 10 heteroatoms. The van der Waals surface area contributed by atoms with Crippen LogP contribution in [0.15, 0.2) is 65.6 Å². The van der Waals surface area contributed by atoms with E-state index in [1.54, 1.807) is 6.07 Å². The normalized spacial score (nSPS) is 13.2. The van der Waals surface area contributed by atoms with E-state index in [1.165, 1.54) is 0 Å². The van der Waals surface area contributed by atoms with Crippen molar-refractivity contribution in [1.82, 2.24) is 19.2 Å². The van der Waals surface area contributed by atoms with Gasteiger partial charge < -0.3 is 10.4 Å². The van der Waals surface area contributed by atoms with E-state index in [9.17, 15) is 4.79 Å². The first-order chi connectivity index (χ1) is 13.7. The summed E-state index contributed by atoms with van der Waals surface area (Å²) in [7, 11) is 0. The first-order valence-corrected chi connectivity index (χ1v) is 9.95. The summed E-state index contributed by atoms with van der Waals surface area (Å²) in [5, 5.41) is 0. The molecule has 4 rings (SSSR count). The van der Waals surface area contributed by atoms with Gasteiger partial charge in [0.1, 0.15) is 5.82 Å². The Kier molecular flexibility index (Phi) is 13.3. The number of hydrogen-bond acceptors (Lipinski definition) is 4. The van der Waals surface area contributed by atoms with E-state index >= 15 is 0 Å². The molecule has 0 bridgehead atoms. The number of anilines is 1. The van der Waals surface area contributed by atoms with E-state index in [0.29, 0.717) is 0 Å². The van der Waals surface area contributed by atoms with Crippen molar-refractivity contribution in [3.63, 3.8) is 0 Å². The van der Waals surface area contributed by atoms with Gasteiger partial charge in [-0.3, -0.25) is 14.4 Å². The van der Waals surface area contributed by atoms with Crippen molar-refractivity contribution in [2.45, 2.75) is 19.9 Å². The summed E-state index contributed by atoms with van der Waals surface area (Å²) >= 11 is 0. The predicted molar refractivity (Wildman–Crippen MR) is 138 cm³/mol. The highest BCUT2D eigenvalue weighted by molar-refractivity contribution is 5.86. The molecule has 0 radical (unpaired) electrons. The van der Waals surface area contributed by atoms with Gasteiger partial charge in [-0.25, -0.2) is 9.67 Å². The van der Waals surface area contributed by atoms with Crippen LogP contribution in [0.25, 0.3) is 5.69 Å². The summed E-state index contributed by atoms with van der Waals surface area (Å²) in [6, 6.07) is 17.9. The lowest BCUT2D eigenvalue weighted by Crippen LogP contribution is -2.47. The minimum absolute atomic E-state index is 0. The molecule has 0 aliphatic carbocycles. The second-order valence-electron chi connectivity index (χ2n) is 7.26. The lowest BCUT2D eigenvalue weighted by atomic mass is 10.2. The van der Waals surface area contributed by atoms with E-state index in [1.807, 2.05) is 64.9 Å². The number of para-hydroxylation sites is 1. The molecule has 0 saturated carbocycles. The summed E-state index contributed by atoms with van der Waals surface area (Å²) in [4.78, 5) is 21.7. The number of halogens is 3. The van der Waals surface area contributed by atoms with Crippen molar-refractivity contribution < 1.29 is 5.48 Å². The van der Waals surface area contributed by atoms with E-state index < -0.39 is 0 Å². The fourth-order valence-corrected chi connectivity index (χ4v) is 3.91. The number of piperazine rings is 1. The molecule has 0 atom stereocenters. The molecular formula is C22H32Cl3N5O2. The quantitative estimate of drug-likeness (QED) is 0.517. The van der Waals surface area contributed by atoms with Crippen LogP contribution in [0, 0.1) is 6.92 Å². The topological polar surface area (TPSA) is 77.8 Å². The van der Waals surface area contributed by atoms with Crippen molar-refractivity contribution in [3.05, 3.63) is 76.8 Å². The Labute approximate surface area is 207 Å². The molecule has 0 spiro atoms. The molecule has 1 aromatic carbocycles. The number of nitrogens with zero attached hydrogens (tertiary/aromatic N) is 5. The zero-order valence-electron chi connectivity index (χ0n) is 18.1. The van der Waals surface area contributed by atoms with Crippen LogP contribution in [0.1, 0.15) is 12.1 Å². The van der Waals surface area contributed by atoms with Gasteiger partial charge in [0, 0.05) is 57.2 Å². The Bertz CT molecular complexity index is 959. The Balaban J connectivity index is 0.00000240. The molecule has 178 valence electrons. The maximum Gasteiger partial charge on any atom is 0.267 e. The lowest BCUT2D eigenvalue weighted by molar-refractivity contribution is 0.247. The Morgan fingerprint density at radius 3 is 2.16 bits per heavy atom. The number of aryl methyl sites for hydroxylation is 1. The van der Waals surface area contributed by atoms with Crippen molar-refractivity contribution in [1.29, 1.82) is 0 Å². The lowest BCUT2D eigenvalue weighted by Gasteiger charge is -2.35. The molecule has 1 aliphatic heterocycles. The van der Waals surface area contributed by atoms with Crippen LogP contribution in [-0.2, 0) is 6.54 Å². The van der Waals surface area contributed by atoms with Gasteiger partial charge in [0.25, 0.3) is 5.56 Å². The van der Waals surface area contributed by atoms with Crippen LogP contribution in [0.3, 0.4) is 0 Å². The second kappa shape index (κ2) is 14.2. The van der Waals surface area contributed by atoms with Gasteiger partial charge in [-0.1, -0.05) is 24.3 Å². The fourth-order valence-electron chi connectivity index (χ4n) is 3.91. The molecule has 0 unspecified atom stereocenters. The number of hydrogen-bond donors (Lipinski definition) is 0. The third-order valence-corrected chi connectivity index (χ3v) is 5.35. The van der Waals surface area contributed by atoms with Gasteiger partial charge in [0.05, 0.1) is 5.69 Å². The molecule has 0 amide bonds. The van der Waals surface area contributed by atoms with Crippen LogP contribution in [0.2, 0.25) is 0 Å².